The number of rotatable bonds is 5. The van der Waals surface area contributed by atoms with Crippen molar-refractivity contribution in [2.24, 2.45) is 0 Å². The van der Waals surface area contributed by atoms with E-state index in [1.54, 1.807) is 6.07 Å². The van der Waals surface area contributed by atoms with Gasteiger partial charge in [-0.1, -0.05) is 17.7 Å². The summed E-state index contributed by atoms with van der Waals surface area (Å²) in [4.78, 5) is 24.4. The van der Waals surface area contributed by atoms with E-state index in [9.17, 15) is 9.59 Å². The van der Waals surface area contributed by atoms with Gasteiger partial charge in [-0.2, -0.15) is 0 Å². The van der Waals surface area contributed by atoms with Gasteiger partial charge in [-0.15, -0.1) is 0 Å². The number of aromatic nitrogens is 1. The summed E-state index contributed by atoms with van der Waals surface area (Å²) in [6, 6.07) is 5.82. The minimum absolute atomic E-state index is 0.304. The molecule has 0 aliphatic rings. The number of benzene rings is 1. The smallest absolute Gasteiger partial charge is 0.340 e. The number of hydrogen-bond acceptors (Lipinski definition) is 3. The first-order chi connectivity index (χ1) is 11.7. The average molecular weight is 342 g/mol. The van der Waals surface area contributed by atoms with Gasteiger partial charge in [0.25, 0.3) is 5.91 Å². The molecule has 1 aromatic heterocycles. The molecule has 1 amide bonds. The molecule has 0 saturated carbocycles. The zero-order valence-corrected chi connectivity index (χ0v) is 15.8. The molecule has 0 saturated heterocycles. The Kier molecular flexibility index (Phi) is 5.67. The Balaban J connectivity index is 2.02. The predicted molar refractivity (Wildman–Crippen MR) is 99.1 cm³/mol. The number of ether oxygens (including phenoxy) is 1. The van der Waals surface area contributed by atoms with E-state index in [4.69, 9.17) is 4.74 Å². The molecule has 5 heteroatoms. The van der Waals surface area contributed by atoms with Gasteiger partial charge in [-0.3, -0.25) is 4.79 Å². The standard InChI is InChI=1S/C20H26N2O3/c1-7-22-15(5)10-17(16(22)6)20(24)25-11-18(23)21-19-13(3)8-12(2)9-14(19)4/h8-10H,7,11H2,1-6H3,(H,21,23). The lowest BCUT2D eigenvalue weighted by molar-refractivity contribution is -0.119. The lowest BCUT2D eigenvalue weighted by Crippen LogP contribution is -2.22. The van der Waals surface area contributed by atoms with E-state index < -0.39 is 5.97 Å². The summed E-state index contributed by atoms with van der Waals surface area (Å²) in [5.74, 6) is -0.812. The topological polar surface area (TPSA) is 60.3 Å². The number of carbonyl (C=O) groups excluding carboxylic acids is 2. The number of nitrogens with zero attached hydrogens (tertiary/aromatic N) is 1. The zero-order valence-electron chi connectivity index (χ0n) is 15.8. The van der Waals surface area contributed by atoms with E-state index in [0.29, 0.717) is 5.56 Å². The van der Waals surface area contributed by atoms with Crippen LogP contribution in [-0.4, -0.2) is 23.1 Å². The van der Waals surface area contributed by atoms with E-state index in [1.807, 2.05) is 58.2 Å². The quantitative estimate of drug-likeness (QED) is 0.840. The molecule has 0 fully saturated rings. The van der Waals surface area contributed by atoms with E-state index in [-0.39, 0.29) is 12.5 Å². The second kappa shape index (κ2) is 7.55. The Morgan fingerprint density at radius 3 is 2.16 bits per heavy atom. The van der Waals surface area contributed by atoms with Crippen LogP contribution < -0.4 is 5.32 Å². The van der Waals surface area contributed by atoms with Gasteiger partial charge in [-0.25, -0.2) is 4.79 Å². The van der Waals surface area contributed by atoms with Crippen LogP contribution >= 0.6 is 0 Å². The first-order valence-electron chi connectivity index (χ1n) is 8.46. The van der Waals surface area contributed by atoms with Crippen molar-refractivity contribution < 1.29 is 14.3 Å². The molecule has 1 aromatic carbocycles. The van der Waals surface area contributed by atoms with Crippen molar-refractivity contribution in [2.45, 2.75) is 48.1 Å². The van der Waals surface area contributed by atoms with Crippen LogP contribution in [0.4, 0.5) is 5.69 Å². The molecule has 0 spiro atoms. The molecule has 25 heavy (non-hydrogen) atoms. The fourth-order valence-electron chi connectivity index (χ4n) is 3.26. The first kappa shape index (κ1) is 18.8. The van der Waals surface area contributed by atoms with Gasteiger partial charge in [0.15, 0.2) is 6.61 Å². The fraction of sp³-hybridized carbons (Fsp3) is 0.400. The summed E-state index contributed by atoms with van der Waals surface area (Å²) >= 11 is 0. The summed E-state index contributed by atoms with van der Waals surface area (Å²) < 4.78 is 7.23. The van der Waals surface area contributed by atoms with E-state index in [0.717, 1.165) is 40.3 Å². The van der Waals surface area contributed by atoms with Crippen LogP contribution in [0.15, 0.2) is 18.2 Å². The average Bonchev–Trinajstić information content (AvgIpc) is 2.82. The highest BCUT2D eigenvalue weighted by Crippen LogP contribution is 2.22. The van der Waals surface area contributed by atoms with Crippen LogP contribution in [0.25, 0.3) is 0 Å². The van der Waals surface area contributed by atoms with E-state index >= 15 is 0 Å². The second-order valence-corrected chi connectivity index (χ2v) is 6.43. The third-order valence-corrected chi connectivity index (χ3v) is 4.39. The maximum absolute atomic E-state index is 12.3. The van der Waals surface area contributed by atoms with Crippen molar-refractivity contribution in [1.29, 1.82) is 0 Å². The molecule has 0 unspecified atom stereocenters. The number of esters is 1. The third kappa shape index (κ3) is 4.10. The molecular weight excluding hydrogens is 316 g/mol. The molecular formula is C20H26N2O3. The van der Waals surface area contributed by atoms with Crippen molar-refractivity contribution >= 4 is 17.6 Å². The Labute approximate surface area is 149 Å². The highest BCUT2D eigenvalue weighted by molar-refractivity contribution is 5.97. The van der Waals surface area contributed by atoms with Crippen LogP contribution in [0.1, 0.15) is 45.4 Å². The molecule has 0 atom stereocenters. The van der Waals surface area contributed by atoms with Gasteiger partial charge < -0.3 is 14.6 Å². The lowest BCUT2D eigenvalue weighted by atomic mass is 10.1. The highest BCUT2D eigenvalue weighted by atomic mass is 16.5. The minimum Gasteiger partial charge on any atom is -0.452 e. The van der Waals surface area contributed by atoms with Crippen molar-refractivity contribution in [3.05, 3.63) is 51.8 Å². The van der Waals surface area contributed by atoms with Crippen LogP contribution in [0.5, 0.6) is 0 Å². The Morgan fingerprint density at radius 2 is 1.64 bits per heavy atom. The van der Waals surface area contributed by atoms with Gasteiger partial charge >= 0.3 is 5.97 Å². The van der Waals surface area contributed by atoms with Crippen molar-refractivity contribution in [3.8, 4) is 0 Å². The maximum atomic E-state index is 12.3. The molecule has 1 heterocycles. The Hall–Kier alpha value is -2.56. The number of aryl methyl sites for hydroxylation is 4. The zero-order chi connectivity index (χ0) is 18.7. The molecule has 0 aliphatic carbocycles. The second-order valence-electron chi connectivity index (χ2n) is 6.43. The first-order valence-corrected chi connectivity index (χ1v) is 8.46. The van der Waals surface area contributed by atoms with E-state index in [1.165, 1.54) is 0 Å². The van der Waals surface area contributed by atoms with Gasteiger partial charge in [0, 0.05) is 23.6 Å². The van der Waals surface area contributed by atoms with Crippen LogP contribution in [0.2, 0.25) is 0 Å². The van der Waals surface area contributed by atoms with Gasteiger partial charge in [0.05, 0.1) is 5.56 Å². The highest BCUT2D eigenvalue weighted by Gasteiger charge is 2.18. The number of nitrogens with one attached hydrogen (secondary N) is 1. The number of amides is 1. The molecule has 0 aliphatic heterocycles. The molecule has 1 N–H and O–H groups in total. The minimum atomic E-state index is -0.472. The summed E-state index contributed by atoms with van der Waals surface area (Å²) in [7, 11) is 0. The third-order valence-electron chi connectivity index (χ3n) is 4.39. The van der Waals surface area contributed by atoms with Crippen LogP contribution in [-0.2, 0) is 16.1 Å². The van der Waals surface area contributed by atoms with Crippen LogP contribution in [0, 0.1) is 34.6 Å². The predicted octanol–water partition coefficient (Wildman–Crippen LogP) is 3.85. The molecule has 2 aromatic rings. The van der Waals surface area contributed by atoms with E-state index in [2.05, 4.69) is 5.32 Å². The number of carbonyl (C=O) groups is 2. The monoisotopic (exact) mass is 342 g/mol. The largest absolute Gasteiger partial charge is 0.452 e. The summed E-state index contributed by atoms with van der Waals surface area (Å²) in [6.45, 7) is 12.2. The van der Waals surface area contributed by atoms with Crippen molar-refractivity contribution in [1.82, 2.24) is 4.57 Å². The molecule has 0 bridgehead atoms. The lowest BCUT2D eigenvalue weighted by Gasteiger charge is -2.13. The maximum Gasteiger partial charge on any atom is 0.340 e. The summed E-state index contributed by atoms with van der Waals surface area (Å²) in [5.41, 5.74) is 6.27. The van der Waals surface area contributed by atoms with Crippen molar-refractivity contribution in [2.75, 3.05) is 11.9 Å². The van der Waals surface area contributed by atoms with Crippen molar-refractivity contribution in [3.63, 3.8) is 0 Å². The Morgan fingerprint density at radius 1 is 1.04 bits per heavy atom. The SMILES string of the molecule is CCn1c(C)cc(C(=O)OCC(=O)Nc2c(C)cc(C)cc2C)c1C. The van der Waals surface area contributed by atoms with Gasteiger partial charge in [0.2, 0.25) is 0 Å². The number of anilines is 1. The fourth-order valence-corrected chi connectivity index (χ4v) is 3.26. The number of hydrogen-bond donors (Lipinski definition) is 1. The summed E-state index contributed by atoms with van der Waals surface area (Å²) in [6.07, 6.45) is 0. The molecule has 5 nitrogen and oxygen atoms in total. The van der Waals surface area contributed by atoms with Gasteiger partial charge in [0.1, 0.15) is 0 Å². The molecule has 0 radical (unpaired) electrons. The van der Waals surface area contributed by atoms with Crippen LogP contribution in [0.3, 0.4) is 0 Å². The van der Waals surface area contributed by atoms with Gasteiger partial charge in [-0.05, 0) is 58.7 Å². The molecule has 2 rings (SSSR count). The molecule has 134 valence electrons. The Bertz CT molecular complexity index is 796. The normalized spacial score (nSPS) is 10.6. The summed E-state index contributed by atoms with van der Waals surface area (Å²) in [5, 5.41) is 2.83.